The van der Waals surface area contributed by atoms with Crippen LogP contribution in [0.4, 0.5) is 0 Å². The van der Waals surface area contributed by atoms with Crippen LogP contribution in [0, 0.1) is 0 Å². The van der Waals surface area contributed by atoms with Crippen LogP contribution in [0.5, 0.6) is 11.5 Å². The molecule has 130 valence electrons. The van der Waals surface area contributed by atoms with Crippen molar-refractivity contribution in [2.75, 3.05) is 14.2 Å². The molecule has 0 amide bonds. The van der Waals surface area contributed by atoms with Gasteiger partial charge in [0, 0.05) is 0 Å². The average Bonchev–Trinajstić information content (AvgIpc) is 3.02. The number of H-pyrrole nitrogens is 1. The van der Waals surface area contributed by atoms with E-state index >= 15 is 0 Å². The van der Waals surface area contributed by atoms with Crippen LogP contribution in [0.2, 0.25) is 0 Å². The number of ether oxygens (including phenoxy) is 2. The van der Waals surface area contributed by atoms with Gasteiger partial charge in [0.05, 0.1) is 25.3 Å². The number of carbonyl (C=O) groups is 1. The molecule has 0 atom stereocenters. The molecule has 2 N–H and O–H groups in total. The van der Waals surface area contributed by atoms with E-state index in [1.54, 1.807) is 32.4 Å². The molecule has 0 aliphatic carbocycles. The third-order valence-corrected chi connectivity index (χ3v) is 3.60. The van der Waals surface area contributed by atoms with Gasteiger partial charge in [-0.05, 0) is 35.9 Å². The summed E-state index contributed by atoms with van der Waals surface area (Å²) in [4.78, 5) is 18.7. The molecule has 3 aromatic rings. The number of fused-ring (bicyclic) bond motifs is 1. The van der Waals surface area contributed by atoms with Gasteiger partial charge in [-0.25, -0.2) is 9.78 Å². The smallest absolute Gasteiger partial charge is 0.337 e. The van der Waals surface area contributed by atoms with Crippen molar-refractivity contribution in [2.45, 2.75) is 0 Å². The van der Waals surface area contributed by atoms with Gasteiger partial charge in [0.2, 0.25) is 0 Å². The Kier molecular flexibility index (Phi) is 5.67. The third-order valence-electron chi connectivity index (χ3n) is 3.60. The highest BCUT2D eigenvalue weighted by molar-refractivity contribution is 6.01. The lowest BCUT2D eigenvalue weighted by molar-refractivity contribution is 0.0699. The van der Waals surface area contributed by atoms with Crippen molar-refractivity contribution in [3.05, 3.63) is 53.3 Å². The number of aromatic carboxylic acids is 1. The van der Waals surface area contributed by atoms with Gasteiger partial charge in [-0.2, -0.15) is 0 Å². The van der Waals surface area contributed by atoms with Crippen molar-refractivity contribution < 1.29 is 19.4 Å². The van der Waals surface area contributed by atoms with Crippen LogP contribution in [-0.2, 0) is 0 Å². The summed E-state index contributed by atoms with van der Waals surface area (Å²) in [5, 5.41) is 9.21. The Balaban J connectivity index is 0.00000225. The number of aromatic amines is 1. The third kappa shape index (κ3) is 3.75. The van der Waals surface area contributed by atoms with Crippen molar-refractivity contribution >= 4 is 41.6 Å². The average molecular weight is 361 g/mol. The fourth-order valence-electron chi connectivity index (χ4n) is 2.43. The minimum atomic E-state index is -0.998. The summed E-state index contributed by atoms with van der Waals surface area (Å²) in [6, 6.07) is 10.6. The Hall–Kier alpha value is -2.99. The number of nitrogens with one attached hydrogen (secondary N) is 1. The minimum Gasteiger partial charge on any atom is -0.493 e. The van der Waals surface area contributed by atoms with E-state index in [4.69, 9.17) is 9.47 Å². The second kappa shape index (κ2) is 7.72. The number of halogens is 1. The molecule has 0 saturated heterocycles. The van der Waals surface area contributed by atoms with Crippen LogP contribution in [0.3, 0.4) is 0 Å². The number of carboxylic acid groups (broad SMARTS) is 1. The molecule has 6 nitrogen and oxygen atoms in total. The highest BCUT2D eigenvalue weighted by Crippen LogP contribution is 2.28. The van der Waals surface area contributed by atoms with Crippen LogP contribution in [0.25, 0.3) is 23.2 Å². The lowest BCUT2D eigenvalue weighted by atomic mass is 10.2. The van der Waals surface area contributed by atoms with Gasteiger partial charge in [-0.3, -0.25) is 0 Å². The van der Waals surface area contributed by atoms with Crippen molar-refractivity contribution in [1.29, 1.82) is 0 Å². The van der Waals surface area contributed by atoms with Gasteiger partial charge in [0.25, 0.3) is 0 Å². The summed E-state index contributed by atoms with van der Waals surface area (Å²) in [5.41, 5.74) is 2.21. The first kappa shape index (κ1) is 18.4. The van der Waals surface area contributed by atoms with Gasteiger partial charge in [0.1, 0.15) is 11.3 Å². The predicted octanol–water partition coefficient (Wildman–Crippen LogP) is 3.87. The van der Waals surface area contributed by atoms with Crippen LogP contribution in [0.15, 0.2) is 36.4 Å². The zero-order valence-corrected chi connectivity index (χ0v) is 14.5. The number of para-hydroxylation sites is 1. The maximum atomic E-state index is 11.2. The van der Waals surface area contributed by atoms with E-state index in [0.29, 0.717) is 28.4 Å². The first-order valence-electron chi connectivity index (χ1n) is 7.24. The number of nitrogens with zero attached hydrogens (tertiary/aromatic N) is 1. The Bertz CT molecular complexity index is 934. The summed E-state index contributed by atoms with van der Waals surface area (Å²) >= 11 is 0. The minimum absolute atomic E-state index is 0. The number of aromatic nitrogens is 2. The first-order valence-corrected chi connectivity index (χ1v) is 7.24. The van der Waals surface area contributed by atoms with Crippen molar-refractivity contribution in [3.63, 3.8) is 0 Å². The molecule has 0 aliphatic rings. The number of benzene rings is 2. The van der Waals surface area contributed by atoms with Crippen LogP contribution >= 0.6 is 12.4 Å². The molecule has 0 saturated carbocycles. The van der Waals surface area contributed by atoms with E-state index in [0.717, 1.165) is 5.56 Å². The van der Waals surface area contributed by atoms with E-state index < -0.39 is 5.97 Å². The first-order chi connectivity index (χ1) is 11.6. The van der Waals surface area contributed by atoms with Crippen LogP contribution in [-0.4, -0.2) is 35.3 Å². The molecule has 0 fully saturated rings. The number of hydrogen-bond acceptors (Lipinski definition) is 4. The van der Waals surface area contributed by atoms with Crippen LogP contribution in [0.1, 0.15) is 21.7 Å². The SMILES string of the molecule is COc1ccc(/C=C/c2nc3c(C(=O)O)cccc3[nH]2)cc1OC.Cl. The van der Waals surface area contributed by atoms with Gasteiger partial charge in [-0.15, -0.1) is 12.4 Å². The second-order valence-electron chi connectivity index (χ2n) is 5.08. The van der Waals surface area contributed by atoms with Gasteiger partial charge in [0.15, 0.2) is 11.5 Å². The zero-order chi connectivity index (χ0) is 17.1. The molecule has 1 aromatic heterocycles. The second-order valence-corrected chi connectivity index (χ2v) is 5.08. The summed E-state index contributed by atoms with van der Waals surface area (Å²) in [6.07, 6.45) is 3.65. The molecule has 7 heteroatoms. The Labute approximate surface area is 150 Å². The molecule has 0 aliphatic heterocycles. The molecule has 0 spiro atoms. The van der Waals surface area contributed by atoms with Gasteiger partial charge < -0.3 is 19.6 Å². The molecule has 3 rings (SSSR count). The molecule has 2 aromatic carbocycles. The van der Waals surface area contributed by atoms with Gasteiger partial charge >= 0.3 is 5.97 Å². The normalized spacial score (nSPS) is 10.6. The molecule has 0 unspecified atom stereocenters. The summed E-state index contributed by atoms with van der Waals surface area (Å²) < 4.78 is 10.5. The van der Waals surface area contributed by atoms with E-state index in [-0.39, 0.29) is 18.0 Å². The monoisotopic (exact) mass is 360 g/mol. The fraction of sp³-hybridized carbons (Fsp3) is 0.111. The topological polar surface area (TPSA) is 84.4 Å². The lowest BCUT2D eigenvalue weighted by Gasteiger charge is -2.07. The molecule has 1 heterocycles. The van der Waals surface area contributed by atoms with E-state index in [2.05, 4.69) is 9.97 Å². The van der Waals surface area contributed by atoms with Crippen molar-refractivity contribution in [1.82, 2.24) is 9.97 Å². The molecular formula is C18H17ClN2O4. The highest BCUT2D eigenvalue weighted by Gasteiger charge is 2.11. The van der Waals surface area contributed by atoms with Crippen molar-refractivity contribution in [2.24, 2.45) is 0 Å². The maximum absolute atomic E-state index is 11.2. The number of rotatable bonds is 5. The van der Waals surface area contributed by atoms with E-state index in [1.165, 1.54) is 6.07 Å². The number of carboxylic acids is 1. The molecular weight excluding hydrogens is 344 g/mol. The number of hydrogen-bond donors (Lipinski definition) is 2. The van der Waals surface area contributed by atoms with Crippen molar-refractivity contribution in [3.8, 4) is 11.5 Å². The molecule has 0 bridgehead atoms. The Morgan fingerprint density at radius 3 is 2.56 bits per heavy atom. The lowest BCUT2D eigenvalue weighted by Crippen LogP contribution is -1.96. The highest BCUT2D eigenvalue weighted by atomic mass is 35.5. The molecule has 25 heavy (non-hydrogen) atoms. The molecule has 0 radical (unpaired) electrons. The standard InChI is InChI=1S/C18H16N2O4.ClH/c1-23-14-8-6-11(10-15(14)24-2)7-9-16-19-13-5-3-4-12(18(21)22)17(13)20-16;/h3-10H,1-2H3,(H,19,20)(H,21,22);1H/b9-7+;. The van der Waals surface area contributed by atoms with E-state index in [9.17, 15) is 9.90 Å². The number of imidazole rings is 1. The maximum Gasteiger partial charge on any atom is 0.337 e. The van der Waals surface area contributed by atoms with E-state index in [1.807, 2.05) is 24.3 Å². The zero-order valence-electron chi connectivity index (χ0n) is 13.6. The quantitative estimate of drug-likeness (QED) is 0.721. The Morgan fingerprint density at radius 1 is 1.12 bits per heavy atom. The Morgan fingerprint density at radius 2 is 1.88 bits per heavy atom. The number of methoxy groups -OCH3 is 2. The fourth-order valence-corrected chi connectivity index (χ4v) is 2.43. The summed E-state index contributed by atoms with van der Waals surface area (Å²) in [7, 11) is 3.17. The summed E-state index contributed by atoms with van der Waals surface area (Å²) in [6.45, 7) is 0. The van der Waals surface area contributed by atoms with Crippen LogP contribution < -0.4 is 9.47 Å². The largest absolute Gasteiger partial charge is 0.493 e. The summed E-state index contributed by atoms with van der Waals surface area (Å²) in [5.74, 6) is 0.873. The predicted molar refractivity (Wildman–Crippen MR) is 98.8 cm³/mol. The van der Waals surface area contributed by atoms with Gasteiger partial charge in [-0.1, -0.05) is 18.2 Å².